The number of aryl methyl sites for hydroxylation is 2. The number of hydrogen-bond donors (Lipinski definition) is 2. The molecule has 1 aliphatic heterocycles. The van der Waals surface area contributed by atoms with Crippen molar-refractivity contribution in [2.75, 3.05) is 13.1 Å². The van der Waals surface area contributed by atoms with E-state index in [4.69, 9.17) is 0 Å². The van der Waals surface area contributed by atoms with Gasteiger partial charge in [-0.3, -0.25) is 9.69 Å². The molecule has 3 aromatic rings. The third-order valence-electron chi connectivity index (χ3n) is 6.28. The van der Waals surface area contributed by atoms with Gasteiger partial charge in [-0.25, -0.2) is 5.43 Å². The lowest BCUT2D eigenvalue weighted by Gasteiger charge is -2.39. The fourth-order valence-corrected chi connectivity index (χ4v) is 4.94. The number of carbonyl (C=O) groups excluding carboxylic acids is 1. The minimum atomic E-state index is -0.0995. The predicted molar refractivity (Wildman–Crippen MR) is 118 cm³/mol. The molecule has 0 spiro atoms. The summed E-state index contributed by atoms with van der Waals surface area (Å²) < 4.78 is 2.48. The van der Waals surface area contributed by atoms with E-state index >= 15 is 0 Å². The number of nitrogens with zero attached hydrogens (tertiary/aromatic N) is 3. The van der Waals surface area contributed by atoms with Crippen LogP contribution in [0.15, 0.2) is 47.6 Å². The van der Waals surface area contributed by atoms with E-state index in [1.165, 1.54) is 27.7 Å². The van der Waals surface area contributed by atoms with Gasteiger partial charge in [-0.2, -0.15) is 5.10 Å². The van der Waals surface area contributed by atoms with Crippen molar-refractivity contribution in [1.29, 1.82) is 0 Å². The molecule has 0 saturated carbocycles. The Morgan fingerprint density at radius 1 is 1.23 bits per heavy atom. The quantitative estimate of drug-likeness (QED) is 0.518. The topological polar surface area (TPSA) is 69.9 Å². The SMILES string of the molecule is Cc1ccc2c(c1)c1c3n2CCN(CC(=O)N/N=C/c2ccc(O)cc2)[C@@H]3CCC1. The summed E-state index contributed by atoms with van der Waals surface area (Å²) in [6.45, 7) is 4.27. The van der Waals surface area contributed by atoms with Crippen LogP contribution >= 0.6 is 0 Å². The second-order valence-corrected chi connectivity index (χ2v) is 8.30. The van der Waals surface area contributed by atoms with Crippen LogP contribution in [0.25, 0.3) is 10.9 Å². The molecule has 2 aromatic carbocycles. The fourth-order valence-electron chi connectivity index (χ4n) is 4.94. The molecule has 1 aliphatic carbocycles. The van der Waals surface area contributed by atoms with Gasteiger partial charge in [-0.05, 0) is 73.7 Å². The summed E-state index contributed by atoms with van der Waals surface area (Å²) in [5.74, 6) is 0.110. The van der Waals surface area contributed by atoms with E-state index in [9.17, 15) is 9.90 Å². The zero-order chi connectivity index (χ0) is 20.7. The zero-order valence-corrected chi connectivity index (χ0v) is 17.1. The largest absolute Gasteiger partial charge is 0.508 e. The maximum absolute atomic E-state index is 12.5. The number of hydrogen-bond acceptors (Lipinski definition) is 4. The van der Waals surface area contributed by atoms with E-state index in [0.717, 1.165) is 37.9 Å². The molecule has 0 fully saturated rings. The van der Waals surface area contributed by atoms with Crippen LogP contribution < -0.4 is 5.43 Å². The Bertz CT molecular complexity index is 1130. The molecule has 1 amide bonds. The molecule has 2 N–H and O–H groups in total. The van der Waals surface area contributed by atoms with Crippen molar-refractivity contribution < 1.29 is 9.90 Å². The van der Waals surface area contributed by atoms with Crippen molar-refractivity contribution in [3.8, 4) is 5.75 Å². The Morgan fingerprint density at radius 3 is 2.90 bits per heavy atom. The van der Waals surface area contributed by atoms with E-state index in [0.29, 0.717) is 12.6 Å². The van der Waals surface area contributed by atoms with Gasteiger partial charge >= 0.3 is 0 Å². The summed E-state index contributed by atoms with van der Waals surface area (Å²) in [6.07, 6.45) is 4.95. The molecule has 6 heteroatoms. The summed E-state index contributed by atoms with van der Waals surface area (Å²) in [4.78, 5) is 14.8. The number of aromatic nitrogens is 1. The molecule has 0 saturated heterocycles. The number of hydrazone groups is 1. The van der Waals surface area contributed by atoms with Crippen molar-refractivity contribution >= 4 is 23.0 Å². The average Bonchev–Trinajstić information content (AvgIpc) is 3.06. The van der Waals surface area contributed by atoms with Crippen molar-refractivity contribution in [3.63, 3.8) is 0 Å². The van der Waals surface area contributed by atoms with Gasteiger partial charge in [0.25, 0.3) is 5.91 Å². The average molecular weight is 402 g/mol. The molecule has 1 atom stereocenters. The first-order valence-electron chi connectivity index (χ1n) is 10.6. The van der Waals surface area contributed by atoms with E-state index in [1.54, 1.807) is 30.5 Å². The molecule has 6 nitrogen and oxygen atoms in total. The van der Waals surface area contributed by atoms with Crippen LogP contribution in [0.2, 0.25) is 0 Å². The van der Waals surface area contributed by atoms with Gasteiger partial charge in [-0.1, -0.05) is 11.6 Å². The van der Waals surface area contributed by atoms with Crippen LogP contribution in [0.1, 0.15) is 41.3 Å². The number of carbonyl (C=O) groups is 1. The number of benzene rings is 2. The Hall–Kier alpha value is -3.12. The van der Waals surface area contributed by atoms with E-state index < -0.39 is 0 Å². The summed E-state index contributed by atoms with van der Waals surface area (Å²) >= 11 is 0. The number of nitrogens with one attached hydrogen (secondary N) is 1. The number of amides is 1. The minimum absolute atomic E-state index is 0.0995. The lowest BCUT2D eigenvalue weighted by atomic mass is 9.89. The highest BCUT2D eigenvalue weighted by molar-refractivity contribution is 5.87. The lowest BCUT2D eigenvalue weighted by Crippen LogP contribution is -2.44. The summed E-state index contributed by atoms with van der Waals surface area (Å²) in [7, 11) is 0. The predicted octanol–water partition coefficient (Wildman–Crippen LogP) is 3.50. The molecule has 2 aliphatic rings. The third kappa shape index (κ3) is 3.37. The van der Waals surface area contributed by atoms with Crippen molar-refractivity contribution in [3.05, 3.63) is 64.8 Å². The molecule has 5 rings (SSSR count). The highest BCUT2D eigenvalue weighted by Gasteiger charge is 2.35. The third-order valence-corrected chi connectivity index (χ3v) is 6.28. The van der Waals surface area contributed by atoms with Crippen molar-refractivity contribution in [2.45, 2.75) is 38.8 Å². The number of fused-ring (bicyclic) bond motifs is 3. The minimum Gasteiger partial charge on any atom is -0.508 e. The first-order chi connectivity index (χ1) is 14.6. The second-order valence-electron chi connectivity index (χ2n) is 8.30. The van der Waals surface area contributed by atoms with Crippen LogP contribution in [0.4, 0.5) is 0 Å². The molecule has 1 aromatic heterocycles. The van der Waals surface area contributed by atoms with Crippen molar-refractivity contribution in [2.24, 2.45) is 5.10 Å². The summed E-state index contributed by atoms with van der Waals surface area (Å²) in [6, 6.07) is 13.7. The van der Waals surface area contributed by atoms with Crippen LogP contribution in [0, 0.1) is 6.92 Å². The van der Waals surface area contributed by atoms with Crippen LogP contribution in [-0.4, -0.2) is 39.8 Å². The first kappa shape index (κ1) is 18.9. The van der Waals surface area contributed by atoms with Gasteiger partial charge in [0.2, 0.25) is 0 Å². The maximum Gasteiger partial charge on any atom is 0.254 e. The van der Waals surface area contributed by atoms with Crippen LogP contribution in [0.3, 0.4) is 0 Å². The monoisotopic (exact) mass is 402 g/mol. The fraction of sp³-hybridized carbons (Fsp3) is 0.333. The normalized spacial score (nSPS) is 18.6. The standard InChI is InChI=1S/C24H26N4O2/c1-16-5-10-21-20(13-16)19-3-2-4-22-24(19)28(21)12-11-27(22)15-23(30)26-25-14-17-6-8-18(29)9-7-17/h5-10,13-14,22,29H,2-4,11-12,15H2,1H3,(H,26,30)/b25-14+/t22-/m1/s1. The lowest BCUT2D eigenvalue weighted by molar-refractivity contribution is -0.123. The highest BCUT2D eigenvalue weighted by atomic mass is 16.3. The van der Waals surface area contributed by atoms with Gasteiger partial charge in [0.05, 0.1) is 18.8 Å². The number of aromatic hydroxyl groups is 1. The van der Waals surface area contributed by atoms with Crippen LogP contribution in [-0.2, 0) is 17.8 Å². The van der Waals surface area contributed by atoms with Gasteiger partial charge in [0, 0.05) is 29.7 Å². The molecule has 154 valence electrons. The smallest absolute Gasteiger partial charge is 0.254 e. The molecule has 0 bridgehead atoms. The Labute approximate surface area is 175 Å². The maximum atomic E-state index is 12.5. The summed E-state index contributed by atoms with van der Waals surface area (Å²) in [5.41, 5.74) is 8.98. The van der Waals surface area contributed by atoms with E-state index in [2.05, 4.69) is 45.1 Å². The first-order valence-corrected chi connectivity index (χ1v) is 10.6. The molecule has 0 radical (unpaired) electrons. The van der Waals surface area contributed by atoms with Crippen molar-refractivity contribution in [1.82, 2.24) is 14.9 Å². The van der Waals surface area contributed by atoms with Gasteiger partial charge in [0.15, 0.2) is 0 Å². The number of rotatable bonds is 4. The second kappa shape index (κ2) is 7.61. The van der Waals surface area contributed by atoms with Gasteiger partial charge in [0.1, 0.15) is 5.75 Å². The summed E-state index contributed by atoms with van der Waals surface area (Å²) in [5, 5.41) is 14.8. The Balaban J connectivity index is 1.32. The zero-order valence-electron chi connectivity index (χ0n) is 17.1. The molecule has 0 unspecified atom stereocenters. The molecule has 2 heterocycles. The molecule has 30 heavy (non-hydrogen) atoms. The van der Waals surface area contributed by atoms with E-state index in [-0.39, 0.29) is 11.7 Å². The van der Waals surface area contributed by atoms with Gasteiger partial charge in [-0.15, -0.1) is 0 Å². The van der Waals surface area contributed by atoms with E-state index in [1.807, 2.05) is 0 Å². The molecular formula is C24H26N4O2. The Kier molecular flexibility index (Phi) is 4.79. The van der Waals surface area contributed by atoms with Crippen LogP contribution in [0.5, 0.6) is 5.75 Å². The molecular weight excluding hydrogens is 376 g/mol. The Morgan fingerprint density at radius 2 is 2.07 bits per heavy atom. The number of phenols is 1. The van der Waals surface area contributed by atoms with Gasteiger partial charge < -0.3 is 9.67 Å². The highest BCUT2D eigenvalue weighted by Crippen LogP contribution is 2.42. The number of phenolic OH excluding ortho intramolecular Hbond substituents is 1.